The molecule has 1 aromatic carbocycles. The Morgan fingerprint density at radius 2 is 2.04 bits per heavy atom. The molecule has 0 saturated carbocycles. The standard InChI is InChI=1S/C16H14N2O5/c1-18(2)8-4-5-10-12(6-8)23-15-13(17-10)9(16(21)22-3)7-11(19)14(15)20/h4-7,20H,1-3H3. The van der Waals surface area contributed by atoms with Crippen LogP contribution in [-0.4, -0.2) is 37.3 Å². The maximum atomic E-state index is 11.8. The summed E-state index contributed by atoms with van der Waals surface area (Å²) < 4.78 is 10.3. The van der Waals surface area contributed by atoms with Crippen molar-refractivity contribution in [1.29, 1.82) is 0 Å². The number of hydrogen-bond donors (Lipinski definition) is 1. The van der Waals surface area contributed by atoms with E-state index in [1.54, 1.807) is 12.1 Å². The zero-order valence-electron chi connectivity index (χ0n) is 12.8. The van der Waals surface area contributed by atoms with Crippen molar-refractivity contribution in [3.8, 4) is 17.2 Å². The first-order valence-corrected chi connectivity index (χ1v) is 6.78. The summed E-state index contributed by atoms with van der Waals surface area (Å²) in [5.41, 5.74) is 1.05. The molecule has 0 saturated heterocycles. The summed E-state index contributed by atoms with van der Waals surface area (Å²) in [7, 11) is 4.95. The highest BCUT2D eigenvalue weighted by molar-refractivity contribution is 5.97. The molecule has 0 bridgehead atoms. The normalized spacial score (nSPS) is 10.9. The van der Waals surface area contributed by atoms with E-state index >= 15 is 0 Å². The van der Waals surface area contributed by atoms with E-state index in [1.165, 1.54) is 7.11 Å². The Bertz CT molecular complexity index is 945. The summed E-state index contributed by atoms with van der Waals surface area (Å²) in [5, 5.41) is 9.97. The number of carbonyl (C=O) groups is 1. The van der Waals surface area contributed by atoms with E-state index in [-0.39, 0.29) is 17.0 Å². The third-order valence-corrected chi connectivity index (χ3v) is 3.50. The average molecular weight is 314 g/mol. The molecule has 0 radical (unpaired) electrons. The molecule has 0 atom stereocenters. The number of methoxy groups -OCH3 is 1. The second kappa shape index (κ2) is 5.28. The number of fused-ring (bicyclic) bond motifs is 2. The fourth-order valence-corrected chi connectivity index (χ4v) is 2.27. The van der Waals surface area contributed by atoms with Crippen LogP contribution in [0.4, 0.5) is 5.69 Å². The molecule has 2 aliphatic rings. The van der Waals surface area contributed by atoms with E-state index in [9.17, 15) is 14.7 Å². The molecule has 1 aromatic rings. The number of aromatic nitrogens is 1. The van der Waals surface area contributed by atoms with Gasteiger partial charge in [0.15, 0.2) is 11.3 Å². The minimum atomic E-state index is -0.730. The molecule has 1 aliphatic heterocycles. The van der Waals surface area contributed by atoms with Gasteiger partial charge < -0.3 is 19.2 Å². The third kappa shape index (κ3) is 2.36. The van der Waals surface area contributed by atoms with Gasteiger partial charge in [-0.3, -0.25) is 4.79 Å². The van der Waals surface area contributed by atoms with Crippen LogP contribution in [0.15, 0.2) is 33.5 Å². The average Bonchev–Trinajstić information content (AvgIpc) is 2.55. The van der Waals surface area contributed by atoms with Gasteiger partial charge in [-0.25, -0.2) is 9.78 Å². The van der Waals surface area contributed by atoms with Crippen molar-refractivity contribution in [3.63, 3.8) is 0 Å². The molecule has 0 spiro atoms. The SMILES string of the molecule is COC(=O)c1cc(=O)c(O)c2oc3cc(N(C)C)ccc3nc1-2. The van der Waals surface area contributed by atoms with Gasteiger partial charge in [-0.1, -0.05) is 0 Å². The highest BCUT2D eigenvalue weighted by atomic mass is 16.5. The predicted octanol–water partition coefficient (Wildman–Crippen LogP) is 1.85. The number of phenols is 1. The lowest BCUT2D eigenvalue weighted by Gasteiger charge is -2.14. The Hall–Kier alpha value is -3.09. The van der Waals surface area contributed by atoms with Crippen molar-refractivity contribution in [2.45, 2.75) is 0 Å². The van der Waals surface area contributed by atoms with Gasteiger partial charge in [0.05, 0.1) is 12.7 Å². The summed E-state index contributed by atoms with van der Waals surface area (Å²) >= 11 is 0. The van der Waals surface area contributed by atoms with Gasteiger partial charge in [0.2, 0.25) is 11.2 Å². The second-order valence-electron chi connectivity index (χ2n) is 5.20. The van der Waals surface area contributed by atoms with Crippen molar-refractivity contribution in [3.05, 3.63) is 40.1 Å². The Morgan fingerprint density at radius 3 is 2.70 bits per heavy atom. The molecule has 1 N–H and O–H groups in total. The molecule has 118 valence electrons. The molecule has 0 unspecified atom stereocenters. The molecule has 0 fully saturated rings. The van der Waals surface area contributed by atoms with E-state index in [1.807, 2.05) is 25.1 Å². The summed E-state index contributed by atoms with van der Waals surface area (Å²) in [4.78, 5) is 29.9. The molecule has 3 rings (SSSR count). The van der Waals surface area contributed by atoms with Crippen LogP contribution in [0.25, 0.3) is 22.6 Å². The Morgan fingerprint density at radius 1 is 1.30 bits per heavy atom. The van der Waals surface area contributed by atoms with Gasteiger partial charge in [-0.15, -0.1) is 0 Å². The number of aromatic hydroxyl groups is 1. The summed E-state index contributed by atoms with van der Waals surface area (Å²) in [6.45, 7) is 0. The fourth-order valence-electron chi connectivity index (χ4n) is 2.27. The van der Waals surface area contributed by atoms with E-state index in [0.29, 0.717) is 11.1 Å². The maximum Gasteiger partial charge on any atom is 0.340 e. The van der Waals surface area contributed by atoms with Gasteiger partial charge >= 0.3 is 5.97 Å². The lowest BCUT2D eigenvalue weighted by atomic mass is 10.1. The number of rotatable bonds is 2. The number of carbonyl (C=O) groups excluding carboxylic acids is 1. The number of nitrogens with zero attached hydrogens (tertiary/aromatic N) is 2. The second-order valence-corrected chi connectivity index (χ2v) is 5.20. The molecule has 1 aliphatic carbocycles. The van der Waals surface area contributed by atoms with Crippen LogP contribution >= 0.6 is 0 Å². The highest BCUT2D eigenvalue weighted by Gasteiger charge is 2.25. The highest BCUT2D eigenvalue weighted by Crippen LogP contribution is 2.34. The Labute approximate surface area is 131 Å². The first-order chi connectivity index (χ1) is 10.9. The van der Waals surface area contributed by atoms with Crippen molar-refractivity contribution in [2.75, 3.05) is 26.1 Å². The van der Waals surface area contributed by atoms with Crippen molar-refractivity contribution >= 4 is 22.8 Å². The lowest BCUT2D eigenvalue weighted by molar-refractivity contribution is 0.0601. The molecule has 7 nitrogen and oxygen atoms in total. The number of anilines is 1. The lowest BCUT2D eigenvalue weighted by Crippen LogP contribution is -2.13. The van der Waals surface area contributed by atoms with Crippen LogP contribution in [0.3, 0.4) is 0 Å². The topological polar surface area (TPSA) is 92.9 Å². The number of benzene rings is 2. The first-order valence-electron chi connectivity index (χ1n) is 6.78. The quantitative estimate of drug-likeness (QED) is 0.570. The van der Waals surface area contributed by atoms with E-state index in [0.717, 1.165) is 11.8 Å². The molecule has 7 heteroatoms. The van der Waals surface area contributed by atoms with Gasteiger partial charge in [0.1, 0.15) is 11.2 Å². The van der Waals surface area contributed by atoms with Crippen LogP contribution in [0.2, 0.25) is 0 Å². The molecule has 1 heterocycles. The zero-order valence-corrected chi connectivity index (χ0v) is 12.8. The Kier molecular flexibility index (Phi) is 3.40. The molecular formula is C16H14N2O5. The monoisotopic (exact) mass is 314 g/mol. The number of ether oxygens (including phenoxy) is 1. The number of hydrogen-bond acceptors (Lipinski definition) is 7. The van der Waals surface area contributed by atoms with Crippen LogP contribution in [0.5, 0.6) is 5.75 Å². The maximum absolute atomic E-state index is 11.8. The van der Waals surface area contributed by atoms with Gasteiger partial charge in [-0.05, 0) is 12.1 Å². The minimum Gasteiger partial charge on any atom is -0.501 e. The molecular weight excluding hydrogens is 300 g/mol. The summed E-state index contributed by atoms with van der Waals surface area (Å²) in [5.74, 6) is -1.45. The molecule has 23 heavy (non-hydrogen) atoms. The Balaban J connectivity index is 2.40. The first kappa shape index (κ1) is 14.8. The van der Waals surface area contributed by atoms with E-state index in [2.05, 4.69) is 9.72 Å². The van der Waals surface area contributed by atoms with E-state index in [4.69, 9.17) is 4.42 Å². The smallest absolute Gasteiger partial charge is 0.340 e. The number of esters is 1. The minimum absolute atomic E-state index is 0.0485. The van der Waals surface area contributed by atoms with Gasteiger partial charge in [0.25, 0.3) is 0 Å². The predicted molar refractivity (Wildman–Crippen MR) is 84.2 cm³/mol. The third-order valence-electron chi connectivity index (χ3n) is 3.50. The largest absolute Gasteiger partial charge is 0.501 e. The van der Waals surface area contributed by atoms with Gasteiger partial charge in [0, 0.05) is 31.9 Å². The number of phenolic OH excluding ortho intramolecular Hbond substituents is 1. The fraction of sp³-hybridized carbons (Fsp3) is 0.188. The van der Waals surface area contributed by atoms with Crippen LogP contribution in [-0.2, 0) is 4.74 Å². The summed E-state index contributed by atoms with van der Waals surface area (Å²) in [6.07, 6.45) is 0. The summed E-state index contributed by atoms with van der Waals surface area (Å²) in [6, 6.07) is 6.30. The zero-order chi connectivity index (χ0) is 16.7. The van der Waals surface area contributed by atoms with Crippen molar-refractivity contribution in [1.82, 2.24) is 4.98 Å². The van der Waals surface area contributed by atoms with Gasteiger partial charge in [-0.2, -0.15) is 0 Å². The molecule has 0 aromatic heterocycles. The van der Waals surface area contributed by atoms with Crippen LogP contribution < -0.4 is 10.3 Å². The van der Waals surface area contributed by atoms with Crippen LogP contribution in [0, 0.1) is 0 Å². The van der Waals surface area contributed by atoms with E-state index < -0.39 is 17.1 Å². The van der Waals surface area contributed by atoms with Crippen molar-refractivity contribution < 1.29 is 19.1 Å². The van der Waals surface area contributed by atoms with Crippen molar-refractivity contribution in [2.24, 2.45) is 0 Å². The molecule has 0 amide bonds. The van der Waals surface area contributed by atoms with Crippen LogP contribution in [0.1, 0.15) is 10.4 Å².